The van der Waals surface area contributed by atoms with Crippen LogP contribution in [0.25, 0.3) is 0 Å². The van der Waals surface area contributed by atoms with E-state index in [1.54, 1.807) is 35.2 Å². The normalized spacial score (nSPS) is 13.5. The maximum Gasteiger partial charge on any atom is 0.256 e. The van der Waals surface area contributed by atoms with Crippen molar-refractivity contribution in [2.24, 2.45) is 0 Å². The monoisotopic (exact) mass is 399 g/mol. The van der Waals surface area contributed by atoms with E-state index >= 15 is 0 Å². The Balaban J connectivity index is 1.90. The number of halogens is 1. The summed E-state index contributed by atoms with van der Waals surface area (Å²) in [6, 6.07) is 12.3. The van der Waals surface area contributed by atoms with Crippen LogP contribution in [0.4, 0.5) is 11.4 Å². The highest BCUT2D eigenvalue weighted by atomic mass is 35.5. The van der Waals surface area contributed by atoms with Gasteiger partial charge in [-0.15, -0.1) is 0 Å². The van der Waals surface area contributed by atoms with E-state index in [4.69, 9.17) is 11.6 Å². The topological polar surface area (TPSA) is 52.7 Å². The van der Waals surface area contributed by atoms with Crippen LogP contribution in [0.15, 0.2) is 42.5 Å². The third-order valence-corrected chi connectivity index (χ3v) is 5.34. The summed E-state index contributed by atoms with van der Waals surface area (Å²) in [4.78, 5) is 29.7. The van der Waals surface area contributed by atoms with E-state index in [0.717, 1.165) is 31.6 Å². The molecule has 1 heterocycles. The lowest BCUT2D eigenvalue weighted by atomic mass is 10.1. The first-order valence-electron chi connectivity index (χ1n) is 9.78. The lowest BCUT2D eigenvalue weighted by Crippen LogP contribution is -2.32. The predicted molar refractivity (Wildman–Crippen MR) is 115 cm³/mol. The second kappa shape index (κ2) is 9.11. The van der Waals surface area contributed by atoms with Crippen molar-refractivity contribution in [2.45, 2.75) is 26.7 Å². The van der Waals surface area contributed by atoms with Crippen LogP contribution in [0.2, 0.25) is 5.02 Å². The van der Waals surface area contributed by atoms with Crippen molar-refractivity contribution in [3.63, 3.8) is 0 Å². The van der Waals surface area contributed by atoms with Gasteiger partial charge in [-0.05, 0) is 69.2 Å². The number of benzene rings is 2. The molecule has 0 aliphatic carbocycles. The molecule has 1 fully saturated rings. The third kappa shape index (κ3) is 4.47. The Hall–Kier alpha value is -2.53. The van der Waals surface area contributed by atoms with Gasteiger partial charge in [-0.25, -0.2) is 0 Å². The third-order valence-electron chi connectivity index (χ3n) is 5.09. The summed E-state index contributed by atoms with van der Waals surface area (Å²) in [6.07, 6.45) is 2.27. The number of nitrogens with zero attached hydrogens (tertiary/aromatic N) is 2. The molecule has 0 unspecified atom stereocenters. The number of carbonyl (C=O) groups is 2. The molecular formula is C22H26ClN3O2. The Bertz CT molecular complexity index is 841. The molecule has 2 amide bonds. The largest absolute Gasteiger partial charge is 0.371 e. The minimum absolute atomic E-state index is 0.00510. The van der Waals surface area contributed by atoms with Crippen molar-refractivity contribution in [3.05, 3.63) is 58.6 Å². The Morgan fingerprint density at radius 2 is 1.68 bits per heavy atom. The average Bonchev–Trinajstić information content (AvgIpc) is 3.24. The number of rotatable bonds is 6. The molecule has 0 bridgehead atoms. The molecule has 0 radical (unpaired) electrons. The van der Waals surface area contributed by atoms with Crippen molar-refractivity contribution in [3.8, 4) is 0 Å². The van der Waals surface area contributed by atoms with Crippen LogP contribution in [0.5, 0.6) is 0 Å². The highest BCUT2D eigenvalue weighted by Crippen LogP contribution is 2.29. The summed E-state index contributed by atoms with van der Waals surface area (Å²) in [5.74, 6) is -0.235. The van der Waals surface area contributed by atoms with E-state index in [1.807, 2.05) is 26.0 Å². The lowest BCUT2D eigenvalue weighted by Gasteiger charge is -2.25. The maximum atomic E-state index is 13.1. The molecule has 0 saturated carbocycles. The predicted octanol–water partition coefficient (Wildman–Crippen LogP) is 4.67. The van der Waals surface area contributed by atoms with Crippen molar-refractivity contribution >= 4 is 34.8 Å². The molecule has 0 atom stereocenters. The van der Waals surface area contributed by atoms with Gasteiger partial charge in [0.05, 0.1) is 5.56 Å². The molecule has 148 valence electrons. The van der Waals surface area contributed by atoms with Crippen LogP contribution < -0.4 is 10.2 Å². The summed E-state index contributed by atoms with van der Waals surface area (Å²) in [5.41, 5.74) is 2.71. The number of anilines is 2. The van der Waals surface area contributed by atoms with Gasteiger partial charge in [0.2, 0.25) is 0 Å². The number of hydrogen-bond acceptors (Lipinski definition) is 3. The van der Waals surface area contributed by atoms with Gasteiger partial charge in [0.25, 0.3) is 11.8 Å². The Labute approximate surface area is 171 Å². The first-order valence-corrected chi connectivity index (χ1v) is 10.2. The van der Waals surface area contributed by atoms with Gasteiger partial charge in [0.1, 0.15) is 0 Å². The molecule has 6 heteroatoms. The first-order chi connectivity index (χ1) is 13.5. The van der Waals surface area contributed by atoms with Gasteiger partial charge in [0, 0.05) is 48.1 Å². The molecule has 5 nitrogen and oxygen atoms in total. The molecule has 28 heavy (non-hydrogen) atoms. The first kappa shape index (κ1) is 20.2. The van der Waals surface area contributed by atoms with E-state index in [1.165, 1.54) is 0 Å². The van der Waals surface area contributed by atoms with Crippen LogP contribution in [0.1, 0.15) is 47.4 Å². The summed E-state index contributed by atoms with van der Waals surface area (Å²) >= 11 is 5.89. The van der Waals surface area contributed by atoms with Crippen LogP contribution in [-0.4, -0.2) is 42.9 Å². The molecule has 1 aliphatic rings. The summed E-state index contributed by atoms with van der Waals surface area (Å²) in [7, 11) is 0. The number of nitrogens with one attached hydrogen (secondary N) is 1. The Kier molecular flexibility index (Phi) is 6.57. The SMILES string of the molecule is CCN(CC)C(=O)c1cc(NC(=O)c2ccc(Cl)cc2)ccc1N1CCCC1. The van der Waals surface area contributed by atoms with Crippen LogP contribution >= 0.6 is 11.6 Å². The van der Waals surface area contributed by atoms with Gasteiger partial charge in [0.15, 0.2) is 0 Å². The maximum absolute atomic E-state index is 13.1. The van der Waals surface area contributed by atoms with Crippen LogP contribution in [-0.2, 0) is 0 Å². The fourth-order valence-electron chi connectivity index (χ4n) is 3.50. The van der Waals surface area contributed by atoms with Crippen LogP contribution in [0.3, 0.4) is 0 Å². The summed E-state index contributed by atoms with van der Waals surface area (Å²) in [5, 5.41) is 3.48. The van der Waals surface area contributed by atoms with Crippen molar-refractivity contribution in [2.75, 3.05) is 36.4 Å². The minimum Gasteiger partial charge on any atom is -0.371 e. The highest BCUT2D eigenvalue weighted by molar-refractivity contribution is 6.30. The minimum atomic E-state index is -0.230. The molecule has 2 aromatic carbocycles. The zero-order valence-corrected chi connectivity index (χ0v) is 17.1. The zero-order chi connectivity index (χ0) is 20.1. The second-order valence-corrected chi connectivity index (χ2v) is 7.30. The smallest absolute Gasteiger partial charge is 0.256 e. The molecule has 1 saturated heterocycles. The van der Waals surface area contributed by atoms with E-state index < -0.39 is 0 Å². The molecule has 0 spiro atoms. The average molecular weight is 400 g/mol. The molecule has 0 aromatic heterocycles. The van der Waals surface area contributed by atoms with Gasteiger partial charge >= 0.3 is 0 Å². The molecular weight excluding hydrogens is 374 g/mol. The van der Waals surface area contributed by atoms with Gasteiger partial charge < -0.3 is 15.1 Å². The fraction of sp³-hybridized carbons (Fsp3) is 0.364. The quantitative estimate of drug-likeness (QED) is 0.767. The number of carbonyl (C=O) groups excluding carboxylic acids is 2. The lowest BCUT2D eigenvalue weighted by molar-refractivity contribution is 0.0773. The zero-order valence-electron chi connectivity index (χ0n) is 16.4. The summed E-state index contributed by atoms with van der Waals surface area (Å²) < 4.78 is 0. The van der Waals surface area contributed by atoms with E-state index in [9.17, 15) is 9.59 Å². The van der Waals surface area contributed by atoms with Crippen LogP contribution in [0, 0.1) is 0 Å². The summed E-state index contributed by atoms with van der Waals surface area (Å²) in [6.45, 7) is 7.16. The molecule has 2 aromatic rings. The number of amides is 2. The van der Waals surface area contributed by atoms with E-state index in [0.29, 0.717) is 34.9 Å². The van der Waals surface area contributed by atoms with Crippen molar-refractivity contribution in [1.29, 1.82) is 0 Å². The Morgan fingerprint density at radius 3 is 2.29 bits per heavy atom. The van der Waals surface area contributed by atoms with Gasteiger partial charge in [-0.2, -0.15) is 0 Å². The van der Waals surface area contributed by atoms with E-state index in [-0.39, 0.29) is 11.8 Å². The standard InChI is InChI=1S/C22H26ClN3O2/c1-3-25(4-2)22(28)19-15-18(11-12-20(19)26-13-5-6-14-26)24-21(27)16-7-9-17(23)10-8-16/h7-12,15H,3-6,13-14H2,1-2H3,(H,24,27). The number of hydrogen-bond donors (Lipinski definition) is 1. The van der Waals surface area contributed by atoms with Crippen molar-refractivity contribution in [1.82, 2.24) is 4.90 Å². The van der Waals surface area contributed by atoms with E-state index in [2.05, 4.69) is 10.2 Å². The molecule has 1 aliphatic heterocycles. The highest BCUT2D eigenvalue weighted by Gasteiger charge is 2.23. The van der Waals surface area contributed by atoms with Gasteiger partial charge in [-0.3, -0.25) is 9.59 Å². The molecule has 1 N–H and O–H groups in total. The molecule has 3 rings (SSSR count). The second-order valence-electron chi connectivity index (χ2n) is 6.86. The Morgan fingerprint density at radius 1 is 1.04 bits per heavy atom. The van der Waals surface area contributed by atoms with Gasteiger partial charge in [-0.1, -0.05) is 11.6 Å². The van der Waals surface area contributed by atoms with Crippen molar-refractivity contribution < 1.29 is 9.59 Å². The fourth-order valence-corrected chi connectivity index (χ4v) is 3.63.